The van der Waals surface area contributed by atoms with Gasteiger partial charge < -0.3 is 14.6 Å². The van der Waals surface area contributed by atoms with Gasteiger partial charge >= 0.3 is 0 Å². The Kier molecular flexibility index (Phi) is 3.73. The summed E-state index contributed by atoms with van der Waals surface area (Å²) in [6, 6.07) is 5.49. The summed E-state index contributed by atoms with van der Waals surface area (Å²) >= 11 is 0. The Bertz CT molecular complexity index is 556. The lowest BCUT2D eigenvalue weighted by molar-refractivity contribution is 0.0888. The van der Waals surface area contributed by atoms with Crippen LogP contribution in [0, 0.1) is 5.92 Å². The zero-order chi connectivity index (χ0) is 13.8. The zero-order valence-corrected chi connectivity index (χ0v) is 10.9. The van der Waals surface area contributed by atoms with Crippen LogP contribution in [0.3, 0.4) is 0 Å². The van der Waals surface area contributed by atoms with Crippen molar-refractivity contribution in [2.45, 2.75) is 12.5 Å². The molecule has 0 bridgehead atoms. The average Bonchev–Trinajstić information content (AvgIpc) is 3.12. The number of nitrogens with one attached hydrogen (secondary N) is 1. The molecule has 3 heterocycles. The SMILES string of the molecule is O=C(N[C@@H]1COC[C@H]1Cc1ccncc1)c1ccno1. The van der Waals surface area contributed by atoms with Crippen LogP contribution in [0.15, 0.2) is 41.3 Å². The van der Waals surface area contributed by atoms with Crippen molar-refractivity contribution < 1.29 is 14.1 Å². The van der Waals surface area contributed by atoms with Crippen LogP contribution < -0.4 is 5.32 Å². The van der Waals surface area contributed by atoms with Crippen LogP contribution >= 0.6 is 0 Å². The molecule has 1 saturated heterocycles. The first-order chi connectivity index (χ1) is 9.83. The molecule has 20 heavy (non-hydrogen) atoms. The van der Waals surface area contributed by atoms with Gasteiger partial charge in [0, 0.05) is 24.4 Å². The number of amides is 1. The zero-order valence-electron chi connectivity index (χ0n) is 10.9. The fourth-order valence-electron chi connectivity index (χ4n) is 2.35. The molecule has 0 spiro atoms. The summed E-state index contributed by atoms with van der Waals surface area (Å²) in [6.45, 7) is 1.17. The maximum Gasteiger partial charge on any atom is 0.290 e. The number of ether oxygens (including phenoxy) is 1. The highest BCUT2D eigenvalue weighted by atomic mass is 16.5. The lowest BCUT2D eigenvalue weighted by Gasteiger charge is -2.18. The Labute approximate surface area is 116 Å². The summed E-state index contributed by atoms with van der Waals surface area (Å²) in [4.78, 5) is 16.0. The minimum Gasteiger partial charge on any atom is -0.379 e. The summed E-state index contributed by atoms with van der Waals surface area (Å²) < 4.78 is 10.3. The molecule has 0 aliphatic carbocycles. The molecule has 1 aliphatic heterocycles. The van der Waals surface area contributed by atoms with Crippen molar-refractivity contribution >= 4 is 5.91 Å². The minimum absolute atomic E-state index is 0.0132. The van der Waals surface area contributed by atoms with Gasteiger partial charge in [-0.05, 0) is 24.1 Å². The molecule has 6 nitrogen and oxygen atoms in total. The van der Waals surface area contributed by atoms with E-state index in [0.717, 1.165) is 6.42 Å². The molecule has 0 aromatic carbocycles. The second-order valence-electron chi connectivity index (χ2n) is 4.81. The van der Waals surface area contributed by atoms with Gasteiger partial charge in [-0.25, -0.2) is 0 Å². The molecule has 1 amide bonds. The molecule has 1 fully saturated rings. The lowest BCUT2D eigenvalue weighted by atomic mass is 9.95. The van der Waals surface area contributed by atoms with E-state index in [9.17, 15) is 4.79 Å². The number of hydrogen-bond donors (Lipinski definition) is 1. The first kappa shape index (κ1) is 12.8. The van der Waals surface area contributed by atoms with Gasteiger partial charge in [0.2, 0.25) is 5.76 Å². The first-order valence-electron chi connectivity index (χ1n) is 6.51. The monoisotopic (exact) mass is 273 g/mol. The molecular formula is C14H15N3O3. The molecule has 1 aliphatic rings. The molecule has 6 heteroatoms. The van der Waals surface area contributed by atoms with Crippen molar-refractivity contribution in [2.75, 3.05) is 13.2 Å². The van der Waals surface area contributed by atoms with Crippen molar-refractivity contribution in [3.05, 3.63) is 48.1 Å². The summed E-state index contributed by atoms with van der Waals surface area (Å²) in [5, 5.41) is 6.47. The first-order valence-corrected chi connectivity index (χ1v) is 6.51. The van der Waals surface area contributed by atoms with Gasteiger partial charge in [0.1, 0.15) is 0 Å². The van der Waals surface area contributed by atoms with Crippen LogP contribution in [0.5, 0.6) is 0 Å². The molecule has 1 N–H and O–H groups in total. The topological polar surface area (TPSA) is 77.2 Å². The summed E-state index contributed by atoms with van der Waals surface area (Å²) in [7, 11) is 0. The smallest absolute Gasteiger partial charge is 0.290 e. The van der Waals surface area contributed by atoms with Crippen LogP contribution in [-0.2, 0) is 11.2 Å². The molecule has 2 aromatic heterocycles. The van der Waals surface area contributed by atoms with Gasteiger partial charge in [0.15, 0.2) is 0 Å². The van der Waals surface area contributed by atoms with Gasteiger partial charge in [-0.2, -0.15) is 0 Å². The Hall–Kier alpha value is -2.21. The normalized spacial score (nSPS) is 21.8. The van der Waals surface area contributed by atoms with E-state index in [1.807, 2.05) is 12.1 Å². The number of nitrogens with zero attached hydrogens (tertiary/aromatic N) is 2. The number of carbonyl (C=O) groups is 1. The summed E-state index contributed by atoms with van der Waals surface area (Å²) in [5.74, 6) is 0.224. The van der Waals surface area contributed by atoms with E-state index in [1.165, 1.54) is 11.8 Å². The molecule has 0 unspecified atom stereocenters. The van der Waals surface area contributed by atoms with Crippen molar-refractivity contribution in [1.29, 1.82) is 0 Å². The Morgan fingerprint density at radius 3 is 2.85 bits per heavy atom. The maximum atomic E-state index is 11.9. The van der Waals surface area contributed by atoms with E-state index in [2.05, 4.69) is 15.5 Å². The van der Waals surface area contributed by atoms with Gasteiger partial charge in [0.05, 0.1) is 25.5 Å². The summed E-state index contributed by atoms with van der Waals surface area (Å²) in [6.07, 6.45) is 5.85. The minimum atomic E-state index is -0.252. The number of rotatable bonds is 4. The molecule has 2 aromatic rings. The average molecular weight is 273 g/mol. The predicted octanol–water partition coefficient (Wildman–Crippen LogP) is 1.06. The highest BCUT2D eigenvalue weighted by molar-refractivity contribution is 5.91. The Balaban J connectivity index is 1.62. The van der Waals surface area contributed by atoms with E-state index in [0.29, 0.717) is 13.2 Å². The largest absolute Gasteiger partial charge is 0.379 e. The second kappa shape index (κ2) is 5.83. The number of hydrogen-bond acceptors (Lipinski definition) is 5. The maximum absolute atomic E-state index is 11.9. The third kappa shape index (κ3) is 2.85. The van der Waals surface area contributed by atoms with Gasteiger partial charge in [-0.1, -0.05) is 5.16 Å². The fraction of sp³-hybridized carbons (Fsp3) is 0.357. The van der Waals surface area contributed by atoms with Crippen molar-refractivity contribution in [2.24, 2.45) is 5.92 Å². The Morgan fingerprint density at radius 1 is 1.25 bits per heavy atom. The van der Waals surface area contributed by atoms with E-state index in [-0.39, 0.29) is 23.6 Å². The molecule has 0 saturated carbocycles. The van der Waals surface area contributed by atoms with Crippen LogP contribution in [-0.4, -0.2) is 35.3 Å². The van der Waals surface area contributed by atoms with Crippen LogP contribution in [0.4, 0.5) is 0 Å². The van der Waals surface area contributed by atoms with Crippen molar-refractivity contribution in [3.63, 3.8) is 0 Å². The van der Waals surface area contributed by atoms with Crippen LogP contribution in [0.25, 0.3) is 0 Å². The highest BCUT2D eigenvalue weighted by Crippen LogP contribution is 2.19. The molecule has 104 valence electrons. The van der Waals surface area contributed by atoms with E-state index >= 15 is 0 Å². The lowest BCUT2D eigenvalue weighted by Crippen LogP contribution is -2.40. The quantitative estimate of drug-likeness (QED) is 0.901. The molecule has 2 atom stereocenters. The number of pyridine rings is 1. The highest BCUT2D eigenvalue weighted by Gasteiger charge is 2.30. The molecular weight excluding hydrogens is 258 g/mol. The third-order valence-corrected chi connectivity index (χ3v) is 3.42. The van der Waals surface area contributed by atoms with Crippen LogP contribution in [0.2, 0.25) is 0 Å². The van der Waals surface area contributed by atoms with Crippen LogP contribution in [0.1, 0.15) is 16.1 Å². The van der Waals surface area contributed by atoms with Crippen molar-refractivity contribution in [1.82, 2.24) is 15.5 Å². The van der Waals surface area contributed by atoms with Gasteiger partial charge in [0.25, 0.3) is 5.91 Å². The second-order valence-corrected chi connectivity index (χ2v) is 4.81. The third-order valence-electron chi connectivity index (χ3n) is 3.42. The number of carbonyl (C=O) groups excluding carboxylic acids is 1. The van der Waals surface area contributed by atoms with Gasteiger partial charge in [-0.3, -0.25) is 9.78 Å². The van der Waals surface area contributed by atoms with Gasteiger partial charge in [-0.15, -0.1) is 0 Å². The standard InChI is InChI=1S/C14H15N3O3/c18-14(13-3-6-16-20-13)17-12-9-19-8-11(12)7-10-1-4-15-5-2-10/h1-6,11-12H,7-9H2,(H,17,18)/t11-,12-/m1/s1. The predicted molar refractivity (Wildman–Crippen MR) is 70.0 cm³/mol. The Morgan fingerprint density at radius 2 is 2.10 bits per heavy atom. The van der Waals surface area contributed by atoms with E-state index < -0.39 is 0 Å². The van der Waals surface area contributed by atoms with E-state index in [4.69, 9.17) is 9.26 Å². The molecule has 3 rings (SSSR count). The fourth-order valence-corrected chi connectivity index (χ4v) is 2.35. The number of aromatic nitrogens is 2. The van der Waals surface area contributed by atoms with Crippen molar-refractivity contribution in [3.8, 4) is 0 Å². The summed E-state index contributed by atoms with van der Waals surface area (Å²) in [5.41, 5.74) is 1.19. The van der Waals surface area contributed by atoms with E-state index in [1.54, 1.807) is 18.5 Å². The molecule has 0 radical (unpaired) electrons.